The van der Waals surface area contributed by atoms with Gasteiger partial charge in [0, 0.05) is 37.6 Å². The maximum absolute atomic E-state index is 13.5. The number of nitrogens with one attached hydrogen (secondary N) is 1. The summed E-state index contributed by atoms with van der Waals surface area (Å²) in [4.78, 5) is 29.8. The molecule has 0 spiro atoms. The number of benzene rings is 1. The lowest BCUT2D eigenvalue weighted by Crippen LogP contribution is -2.51. The molecule has 2 heterocycles. The number of urea groups is 1. The largest absolute Gasteiger partial charge is 0.348 e. The van der Waals surface area contributed by atoms with Crippen LogP contribution in [0.2, 0.25) is 0 Å². The van der Waals surface area contributed by atoms with Crippen LogP contribution in [0, 0.1) is 12.8 Å². The van der Waals surface area contributed by atoms with E-state index < -0.39 is 0 Å². The number of carbonyl (C=O) groups excluding carboxylic acids is 2. The first-order valence-corrected chi connectivity index (χ1v) is 10.8. The van der Waals surface area contributed by atoms with Crippen LogP contribution in [0.1, 0.15) is 50.6 Å². The zero-order valence-corrected chi connectivity index (χ0v) is 18.8. The van der Waals surface area contributed by atoms with Gasteiger partial charge in [-0.1, -0.05) is 38.1 Å². The van der Waals surface area contributed by atoms with Gasteiger partial charge in [0.25, 0.3) is 0 Å². The molecule has 0 saturated carbocycles. The molecule has 0 saturated heterocycles. The molecule has 0 unspecified atom stereocenters. The van der Waals surface area contributed by atoms with Crippen LogP contribution in [0.5, 0.6) is 0 Å². The van der Waals surface area contributed by atoms with Crippen LogP contribution in [-0.4, -0.2) is 52.0 Å². The van der Waals surface area contributed by atoms with Gasteiger partial charge in [0.1, 0.15) is 6.54 Å². The first-order valence-electron chi connectivity index (χ1n) is 10.8. The van der Waals surface area contributed by atoms with Gasteiger partial charge in [0.15, 0.2) is 0 Å². The van der Waals surface area contributed by atoms with Gasteiger partial charge in [-0.25, -0.2) is 4.79 Å². The highest BCUT2D eigenvalue weighted by molar-refractivity contribution is 5.85. The minimum Gasteiger partial charge on any atom is -0.348 e. The first kappa shape index (κ1) is 21.9. The van der Waals surface area contributed by atoms with Crippen molar-refractivity contribution < 1.29 is 9.59 Å². The van der Waals surface area contributed by atoms with Gasteiger partial charge in [0.05, 0.1) is 6.04 Å². The van der Waals surface area contributed by atoms with Crippen LogP contribution in [-0.2, 0) is 11.3 Å². The maximum Gasteiger partial charge on any atom is 0.318 e. The fraction of sp³-hybridized carbons (Fsp3) is 0.500. The van der Waals surface area contributed by atoms with Gasteiger partial charge in [0.2, 0.25) is 5.91 Å². The van der Waals surface area contributed by atoms with Crippen LogP contribution >= 0.6 is 0 Å². The molecule has 3 rings (SSSR count). The smallest absolute Gasteiger partial charge is 0.318 e. The summed E-state index contributed by atoms with van der Waals surface area (Å²) in [5, 5.41) is 2.93. The van der Waals surface area contributed by atoms with E-state index in [0.717, 1.165) is 23.4 Å². The summed E-state index contributed by atoms with van der Waals surface area (Å²) >= 11 is 0. The topological polar surface area (TPSA) is 57.6 Å². The summed E-state index contributed by atoms with van der Waals surface area (Å²) < 4.78 is 2.22. The van der Waals surface area contributed by atoms with Crippen LogP contribution in [0.4, 0.5) is 4.79 Å². The summed E-state index contributed by atoms with van der Waals surface area (Å²) in [7, 11) is 0. The molecular weight excluding hydrogens is 376 g/mol. The Kier molecular flexibility index (Phi) is 6.85. The molecule has 3 amide bonds. The Morgan fingerprint density at radius 2 is 1.83 bits per heavy atom. The van der Waals surface area contributed by atoms with Crippen LogP contribution in [0.3, 0.4) is 0 Å². The summed E-state index contributed by atoms with van der Waals surface area (Å²) in [6.45, 7) is 12.1. The monoisotopic (exact) mass is 410 g/mol. The summed E-state index contributed by atoms with van der Waals surface area (Å²) in [6.07, 6.45) is 2.07. The number of fused-ring (bicyclic) bond motifs is 1. The molecule has 1 atom stereocenters. The molecule has 0 radical (unpaired) electrons. The predicted molar refractivity (Wildman–Crippen MR) is 119 cm³/mol. The van der Waals surface area contributed by atoms with E-state index in [4.69, 9.17) is 0 Å². The average Bonchev–Trinajstić information content (AvgIpc) is 3.15. The first-order chi connectivity index (χ1) is 14.3. The van der Waals surface area contributed by atoms with Gasteiger partial charge in [-0.15, -0.1) is 0 Å². The molecule has 6 nitrogen and oxygen atoms in total. The molecule has 2 aromatic rings. The normalized spacial score (nSPS) is 16.0. The summed E-state index contributed by atoms with van der Waals surface area (Å²) in [6, 6.07) is 12.1. The second-order valence-corrected chi connectivity index (χ2v) is 8.85. The molecule has 1 aliphatic rings. The van der Waals surface area contributed by atoms with Crippen LogP contribution in [0.25, 0.3) is 0 Å². The Morgan fingerprint density at radius 1 is 1.10 bits per heavy atom. The van der Waals surface area contributed by atoms with Crippen molar-refractivity contribution in [1.29, 1.82) is 0 Å². The molecule has 6 heteroatoms. The van der Waals surface area contributed by atoms with Crippen molar-refractivity contribution >= 4 is 11.9 Å². The molecule has 30 heavy (non-hydrogen) atoms. The fourth-order valence-electron chi connectivity index (χ4n) is 4.13. The minimum atomic E-state index is -0.181. The number of nitrogens with zero attached hydrogens (tertiary/aromatic N) is 3. The highest BCUT2D eigenvalue weighted by atomic mass is 16.2. The van der Waals surface area contributed by atoms with E-state index in [9.17, 15) is 9.59 Å². The fourth-order valence-corrected chi connectivity index (χ4v) is 4.13. The minimum absolute atomic E-state index is 0.0183. The van der Waals surface area contributed by atoms with Gasteiger partial charge >= 0.3 is 6.03 Å². The number of hydrogen-bond acceptors (Lipinski definition) is 2. The molecule has 1 aromatic carbocycles. The van der Waals surface area contributed by atoms with Crippen molar-refractivity contribution in [2.75, 3.05) is 19.6 Å². The van der Waals surface area contributed by atoms with Crippen molar-refractivity contribution in [3.8, 4) is 0 Å². The number of amides is 3. The van der Waals surface area contributed by atoms with Gasteiger partial charge < -0.3 is 19.7 Å². The molecule has 162 valence electrons. The van der Waals surface area contributed by atoms with E-state index in [1.54, 1.807) is 4.90 Å². The Hall–Kier alpha value is -2.76. The van der Waals surface area contributed by atoms with E-state index in [1.165, 1.54) is 0 Å². The molecule has 0 bridgehead atoms. The lowest BCUT2D eigenvalue weighted by atomic mass is 9.95. The Labute approximate surface area is 179 Å². The molecule has 1 aliphatic heterocycles. The second kappa shape index (κ2) is 9.37. The third-order valence-corrected chi connectivity index (χ3v) is 5.45. The molecular formula is C24H34N4O2. The zero-order valence-electron chi connectivity index (χ0n) is 18.8. The van der Waals surface area contributed by atoms with Crippen LogP contribution < -0.4 is 5.32 Å². The Bertz CT molecular complexity index is 887. The Morgan fingerprint density at radius 3 is 2.50 bits per heavy atom. The molecule has 1 N–H and O–H groups in total. The quantitative estimate of drug-likeness (QED) is 0.787. The predicted octanol–water partition coefficient (Wildman–Crippen LogP) is 3.80. The molecule has 0 aliphatic carbocycles. The number of aromatic nitrogens is 1. The van der Waals surface area contributed by atoms with Gasteiger partial charge in [-0.3, -0.25) is 4.79 Å². The molecule has 0 fully saturated rings. The molecule has 1 aromatic heterocycles. The van der Waals surface area contributed by atoms with E-state index in [-0.39, 0.29) is 36.5 Å². The van der Waals surface area contributed by atoms with E-state index in [0.29, 0.717) is 13.1 Å². The number of carbonyl (C=O) groups is 2. The van der Waals surface area contributed by atoms with Crippen molar-refractivity contribution in [2.45, 2.75) is 53.2 Å². The number of rotatable bonds is 6. The average molecular weight is 411 g/mol. The van der Waals surface area contributed by atoms with Crippen molar-refractivity contribution in [3.05, 3.63) is 59.4 Å². The maximum atomic E-state index is 13.5. The lowest BCUT2D eigenvalue weighted by molar-refractivity contribution is -0.134. The Balaban J connectivity index is 1.89. The van der Waals surface area contributed by atoms with E-state index in [2.05, 4.69) is 55.1 Å². The van der Waals surface area contributed by atoms with Gasteiger partial charge in [-0.2, -0.15) is 0 Å². The highest BCUT2D eigenvalue weighted by Crippen LogP contribution is 2.34. The summed E-state index contributed by atoms with van der Waals surface area (Å²) in [5.74, 6) is 0.261. The van der Waals surface area contributed by atoms with Gasteiger partial charge in [-0.05, 0) is 49.9 Å². The van der Waals surface area contributed by atoms with Crippen molar-refractivity contribution in [3.63, 3.8) is 0 Å². The number of aryl methyl sites for hydroxylation is 1. The lowest BCUT2D eigenvalue weighted by Gasteiger charge is -2.39. The third kappa shape index (κ3) is 4.86. The SMILES string of the molecule is Cc1ccccc1[C@H]1c2cccn2CCN1C(=O)CN(CC(C)C)C(=O)NC(C)C. The van der Waals surface area contributed by atoms with Crippen molar-refractivity contribution in [1.82, 2.24) is 19.7 Å². The zero-order chi connectivity index (χ0) is 21.8. The highest BCUT2D eigenvalue weighted by Gasteiger charge is 2.34. The van der Waals surface area contributed by atoms with E-state index >= 15 is 0 Å². The standard InChI is InChI=1S/C24H34N4O2/c1-17(2)15-27(24(30)25-18(3)4)16-22(29)28-14-13-26-12-8-11-21(26)23(28)20-10-7-6-9-19(20)5/h6-12,17-18,23H,13-16H2,1-5H3,(H,25,30)/t23-/m0/s1. The summed E-state index contributed by atoms with van der Waals surface area (Å²) in [5.41, 5.74) is 3.41. The second-order valence-electron chi connectivity index (χ2n) is 8.85. The number of hydrogen-bond donors (Lipinski definition) is 1. The van der Waals surface area contributed by atoms with E-state index in [1.807, 2.05) is 36.9 Å². The van der Waals surface area contributed by atoms with Crippen LogP contribution in [0.15, 0.2) is 42.6 Å². The third-order valence-electron chi connectivity index (χ3n) is 5.45. The van der Waals surface area contributed by atoms with Crippen molar-refractivity contribution in [2.24, 2.45) is 5.92 Å².